The number of nitrogens with zero attached hydrogens (tertiary/aromatic N) is 2. The van der Waals surface area contributed by atoms with E-state index in [9.17, 15) is 9.59 Å². The molecule has 7 nitrogen and oxygen atoms in total. The Morgan fingerprint density at radius 3 is 2.62 bits per heavy atom. The summed E-state index contributed by atoms with van der Waals surface area (Å²) in [5, 5.41) is 4.65. The number of pyridine rings is 1. The van der Waals surface area contributed by atoms with Crippen LogP contribution in [0.2, 0.25) is 0 Å². The van der Waals surface area contributed by atoms with Gasteiger partial charge in [0.25, 0.3) is 11.5 Å². The molecular weight excluding hydrogens is 430 g/mol. The number of aryl methyl sites for hydroxylation is 1. The molecule has 1 atom stereocenters. The monoisotopic (exact) mass is 457 g/mol. The number of carbonyl (C=O) groups is 1. The van der Waals surface area contributed by atoms with E-state index in [1.165, 1.54) is 0 Å². The van der Waals surface area contributed by atoms with Gasteiger partial charge in [0.15, 0.2) is 11.5 Å². The number of para-hydroxylation sites is 3. The molecule has 1 saturated carbocycles. The zero-order valence-electron chi connectivity index (χ0n) is 19.1. The number of nitrogens with one attached hydrogen (secondary N) is 1. The fraction of sp³-hybridized carbons (Fsp3) is 0.333. The number of benzene rings is 2. The van der Waals surface area contributed by atoms with E-state index < -0.39 is 0 Å². The molecule has 2 aromatic carbocycles. The van der Waals surface area contributed by atoms with Gasteiger partial charge in [0, 0.05) is 35.6 Å². The molecule has 4 aromatic rings. The number of aromatic nitrogens is 2. The van der Waals surface area contributed by atoms with E-state index in [2.05, 4.69) is 5.32 Å². The summed E-state index contributed by atoms with van der Waals surface area (Å²) in [4.78, 5) is 27.1. The molecular formula is C27H27N3O4. The van der Waals surface area contributed by atoms with E-state index in [4.69, 9.17) is 9.47 Å². The Bertz CT molecular complexity index is 1460. The van der Waals surface area contributed by atoms with Crippen LogP contribution in [0.3, 0.4) is 0 Å². The molecule has 0 bridgehead atoms. The highest BCUT2D eigenvalue weighted by Crippen LogP contribution is 2.33. The van der Waals surface area contributed by atoms with Gasteiger partial charge in [-0.25, -0.2) is 0 Å². The first-order valence-corrected chi connectivity index (χ1v) is 11.9. The van der Waals surface area contributed by atoms with Crippen LogP contribution in [0.5, 0.6) is 11.5 Å². The second kappa shape index (κ2) is 8.24. The highest BCUT2D eigenvalue weighted by Gasteiger charge is 2.27. The molecule has 1 fully saturated rings. The largest absolute Gasteiger partial charge is 0.486 e. The average Bonchev–Trinajstić information content (AvgIpc) is 3.50. The normalized spacial score (nSPS) is 18.0. The van der Waals surface area contributed by atoms with Crippen LogP contribution in [0.25, 0.3) is 21.8 Å². The van der Waals surface area contributed by atoms with Gasteiger partial charge in [-0.05, 0) is 31.0 Å². The maximum absolute atomic E-state index is 13.6. The molecule has 1 amide bonds. The maximum atomic E-state index is 13.6. The lowest BCUT2D eigenvalue weighted by Crippen LogP contribution is -2.41. The van der Waals surface area contributed by atoms with Crippen molar-refractivity contribution in [3.63, 3.8) is 0 Å². The molecule has 1 aliphatic heterocycles. The second-order valence-electron chi connectivity index (χ2n) is 9.20. The predicted molar refractivity (Wildman–Crippen MR) is 131 cm³/mol. The third kappa shape index (κ3) is 3.34. The molecule has 1 N–H and O–H groups in total. The summed E-state index contributed by atoms with van der Waals surface area (Å²) in [5.41, 5.74) is 2.01. The van der Waals surface area contributed by atoms with Gasteiger partial charge in [-0.15, -0.1) is 0 Å². The van der Waals surface area contributed by atoms with Crippen molar-refractivity contribution >= 4 is 27.7 Å². The van der Waals surface area contributed by atoms with E-state index in [0.717, 1.165) is 36.6 Å². The lowest BCUT2D eigenvalue weighted by Gasteiger charge is -2.26. The molecule has 174 valence electrons. The van der Waals surface area contributed by atoms with E-state index in [1.54, 1.807) is 10.8 Å². The summed E-state index contributed by atoms with van der Waals surface area (Å²) in [5.74, 6) is 1.18. The van der Waals surface area contributed by atoms with Crippen LogP contribution in [-0.4, -0.2) is 34.3 Å². The lowest BCUT2D eigenvalue weighted by molar-refractivity contribution is 0.0789. The van der Waals surface area contributed by atoms with Crippen molar-refractivity contribution in [3.05, 3.63) is 70.6 Å². The number of hydrogen-bond donors (Lipinski definition) is 1. The number of ether oxygens (including phenoxy) is 2. The first kappa shape index (κ1) is 20.8. The number of carbonyl (C=O) groups excluding carboxylic acids is 1. The van der Waals surface area contributed by atoms with Gasteiger partial charge in [-0.1, -0.05) is 43.2 Å². The van der Waals surface area contributed by atoms with E-state index in [0.29, 0.717) is 41.1 Å². The Morgan fingerprint density at radius 2 is 1.79 bits per heavy atom. The van der Waals surface area contributed by atoms with Crippen molar-refractivity contribution in [2.75, 3.05) is 13.2 Å². The van der Waals surface area contributed by atoms with Gasteiger partial charge in [0.05, 0.1) is 12.1 Å². The first-order chi connectivity index (χ1) is 16.6. The Labute approximate surface area is 196 Å². The average molecular weight is 458 g/mol. The number of amides is 1. The van der Waals surface area contributed by atoms with Gasteiger partial charge in [0.2, 0.25) is 0 Å². The summed E-state index contributed by atoms with van der Waals surface area (Å²) < 4.78 is 15.5. The van der Waals surface area contributed by atoms with Crippen molar-refractivity contribution in [1.29, 1.82) is 0 Å². The van der Waals surface area contributed by atoms with Crippen LogP contribution in [0.4, 0.5) is 0 Å². The van der Waals surface area contributed by atoms with Crippen LogP contribution < -0.4 is 20.3 Å². The SMILES string of the molecule is Cn1c2ccccc2c2c(C(=O)NCC3COc4ccccc4O3)cn(C3CCCC3)c(=O)c21. The first-order valence-electron chi connectivity index (χ1n) is 11.9. The van der Waals surface area contributed by atoms with Crippen molar-refractivity contribution < 1.29 is 14.3 Å². The minimum absolute atomic E-state index is 0.0298. The fourth-order valence-electron chi connectivity index (χ4n) is 5.39. The quantitative estimate of drug-likeness (QED) is 0.499. The molecule has 0 saturated heterocycles. The molecule has 3 heterocycles. The van der Waals surface area contributed by atoms with E-state index >= 15 is 0 Å². The summed E-state index contributed by atoms with van der Waals surface area (Å²) in [6.07, 6.45) is 5.61. The van der Waals surface area contributed by atoms with Gasteiger partial charge >= 0.3 is 0 Å². The highest BCUT2D eigenvalue weighted by molar-refractivity contribution is 6.17. The second-order valence-corrected chi connectivity index (χ2v) is 9.20. The van der Waals surface area contributed by atoms with Crippen molar-refractivity contribution in [1.82, 2.24) is 14.5 Å². The number of hydrogen-bond acceptors (Lipinski definition) is 4. The summed E-state index contributed by atoms with van der Waals surface area (Å²) >= 11 is 0. The van der Waals surface area contributed by atoms with E-state index in [1.807, 2.05) is 60.1 Å². The zero-order chi connectivity index (χ0) is 23.2. The van der Waals surface area contributed by atoms with Crippen molar-refractivity contribution in [3.8, 4) is 11.5 Å². The number of rotatable bonds is 4. The highest BCUT2D eigenvalue weighted by atomic mass is 16.6. The summed E-state index contributed by atoms with van der Waals surface area (Å²) in [6.45, 7) is 0.671. The maximum Gasteiger partial charge on any atom is 0.275 e. The number of fused-ring (bicyclic) bond motifs is 4. The Kier molecular flexibility index (Phi) is 5.05. The minimum Gasteiger partial charge on any atom is -0.486 e. The Hall–Kier alpha value is -3.74. The fourth-order valence-corrected chi connectivity index (χ4v) is 5.39. The Balaban J connectivity index is 1.38. The zero-order valence-corrected chi connectivity index (χ0v) is 19.1. The van der Waals surface area contributed by atoms with Crippen LogP contribution in [-0.2, 0) is 7.05 Å². The molecule has 34 heavy (non-hydrogen) atoms. The van der Waals surface area contributed by atoms with Gasteiger partial charge < -0.3 is 23.9 Å². The molecule has 7 heteroatoms. The molecule has 0 radical (unpaired) electrons. The third-order valence-electron chi connectivity index (χ3n) is 7.10. The molecule has 1 aliphatic carbocycles. The topological polar surface area (TPSA) is 74.5 Å². The minimum atomic E-state index is -0.289. The van der Waals surface area contributed by atoms with Gasteiger partial charge in [-0.2, -0.15) is 0 Å². The third-order valence-corrected chi connectivity index (χ3v) is 7.10. The van der Waals surface area contributed by atoms with Crippen molar-refractivity contribution in [2.24, 2.45) is 7.05 Å². The van der Waals surface area contributed by atoms with Crippen LogP contribution in [0.15, 0.2) is 59.5 Å². The predicted octanol–water partition coefficient (Wildman–Crippen LogP) is 4.18. The van der Waals surface area contributed by atoms with Crippen LogP contribution >= 0.6 is 0 Å². The Morgan fingerprint density at radius 1 is 1.06 bits per heavy atom. The van der Waals surface area contributed by atoms with Crippen molar-refractivity contribution in [2.45, 2.75) is 37.8 Å². The van der Waals surface area contributed by atoms with Crippen LogP contribution in [0.1, 0.15) is 42.1 Å². The molecule has 1 unspecified atom stereocenters. The lowest BCUT2D eigenvalue weighted by atomic mass is 10.1. The molecule has 2 aliphatic rings. The smallest absolute Gasteiger partial charge is 0.275 e. The molecule has 6 rings (SSSR count). The van der Waals surface area contributed by atoms with Crippen LogP contribution in [0, 0.1) is 0 Å². The standard InChI is InChI=1S/C27H27N3O4/c1-29-21-11-5-4-10-19(21)24-20(15-30(27(32)25(24)29)17-8-2-3-9-17)26(31)28-14-18-16-33-22-12-6-7-13-23(22)34-18/h4-7,10-13,15,17-18H,2-3,8-9,14,16H2,1H3,(H,28,31). The summed E-state index contributed by atoms with van der Waals surface area (Å²) in [7, 11) is 1.90. The van der Waals surface area contributed by atoms with Gasteiger partial charge in [0.1, 0.15) is 18.2 Å². The molecule has 2 aromatic heterocycles. The van der Waals surface area contributed by atoms with E-state index in [-0.39, 0.29) is 23.6 Å². The summed E-state index contributed by atoms with van der Waals surface area (Å²) in [6, 6.07) is 15.5. The van der Waals surface area contributed by atoms with Gasteiger partial charge in [-0.3, -0.25) is 9.59 Å². The molecule has 0 spiro atoms.